The zero-order chi connectivity index (χ0) is 46.9. The number of alkyl halides is 3. The third kappa shape index (κ3) is 12.6. The van der Waals surface area contributed by atoms with Gasteiger partial charge < -0.3 is 24.7 Å². The van der Waals surface area contributed by atoms with Crippen molar-refractivity contribution in [3.05, 3.63) is 137 Å². The number of aliphatic hydroxyl groups is 1. The Labute approximate surface area is 394 Å². The van der Waals surface area contributed by atoms with Gasteiger partial charge in [-0.25, -0.2) is 8.42 Å². The number of benzene rings is 5. The Morgan fingerprint density at radius 3 is 2.21 bits per heavy atom. The van der Waals surface area contributed by atoms with E-state index < -0.39 is 45.0 Å². The van der Waals surface area contributed by atoms with Crippen molar-refractivity contribution in [2.24, 2.45) is 0 Å². The summed E-state index contributed by atoms with van der Waals surface area (Å²) in [6, 6.07) is 34.8. The molecule has 2 aliphatic rings. The molecule has 0 aliphatic carbocycles. The number of rotatable bonds is 18. The molecule has 0 bridgehead atoms. The van der Waals surface area contributed by atoms with Crippen LogP contribution >= 0.6 is 30.9 Å². The molecule has 2 saturated heterocycles. The lowest BCUT2D eigenvalue weighted by molar-refractivity contribution is -0.0435. The number of piperidine rings is 1. The summed E-state index contributed by atoms with van der Waals surface area (Å²) < 4.78 is 89.7. The number of carbonyl (C=O) groups is 1. The second-order valence-electron chi connectivity index (χ2n) is 16.3. The number of thioether (sulfide) groups is 1. The van der Waals surface area contributed by atoms with E-state index in [1.165, 1.54) is 30.3 Å². The first kappa shape index (κ1) is 49.5. The number of hydrogen-bond donors (Lipinski definition) is 3. The van der Waals surface area contributed by atoms with E-state index in [1.54, 1.807) is 24.3 Å². The molecule has 3 N–H and O–H groups in total. The van der Waals surface area contributed by atoms with Crippen molar-refractivity contribution in [2.45, 2.75) is 60.2 Å². The average molecular weight is 985 g/mol. The molecule has 2 aliphatic heterocycles. The van der Waals surface area contributed by atoms with Crippen LogP contribution in [0.2, 0.25) is 5.02 Å². The van der Waals surface area contributed by atoms with Gasteiger partial charge in [-0.05, 0) is 110 Å². The first-order chi connectivity index (χ1) is 31.6. The number of hydrogen-bond acceptors (Lipinski definition) is 11. The van der Waals surface area contributed by atoms with Crippen molar-refractivity contribution < 1.29 is 40.6 Å². The minimum absolute atomic E-state index is 0.125. The molecule has 7 rings (SSSR count). The summed E-state index contributed by atoms with van der Waals surface area (Å²) in [6.45, 7) is 7.02. The molecule has 5 aromatic rings. The van der Waals surface area contributed by atoms with Gasteiger partial charge >= 0.3 is 13.0 Å². The Bertz CT molecular complexity index is 2560. The second kappa shape index (κ2) is 22.2. The predicted molar refractivity (Wildman–Crippen MR) is 258 cm³/mol. The van der Waals surface area contributed by atoms with Gasteiger partial charge in [-0.2, -0.15) is 13.2 Å². The molecule has 5 aromatic carbocycles. The Hall–Kier alpha value is -4.38. The number of carbonyl (C=O) groups excluding carboxylic acids is 1. The Morgan fingerprint density at radius 1 is 0.879 bits per heavy atom. The highest BCUT2D eigenvalue weighted by molar-refractivity contribution is 7.99. The minimum Gasteiger partial charge on any atom is -0.393 e. The summed E-state index contributed by atoms with van der Waals surface area (Å²) in [5.74, 6) is -0.426. The standard InChI is InChI=1S/C48H54ClF3N5O6PS2/c1-2-63-64(60,54-47(59)36-14-18-40(19-15-36)57-30-28-56(29-31-57)33-37-8-6-7-11-44(37)35-12-16-38(49)17-13-35)42-20-21-45(46(32-42)66(61,62)48(50,51)52)53-39(34-65-43-9-4-3-5-10-43)22-25-55-26-23-41(58)24-27-55/h3-21,32,39,41,53,58H,2,22-31,33-34H2,1H3,(H,54,59,60)/t39-,64+/m1/s1. The molecule has 0 unspecified atom stereocenters. The van der Waals surface area contributed by atoms with Crippen molar-refractivity contribution in [1.82, 2.24) is 14.9 Å². The van der Waals surface area contributed by atoms with Gasteiger partial charge in [-0.15, -0.1) is 11.8 Å². The molecule has 2 heterocycles. The molecule has 18 heteroatoms. The number of nitrogens with zero attached hydrogens (tertiary/aromatic N) is 3. The van der Waals surface area contributed by atoms with Gasteiger partial charge in [0, 0.05) is 85.3 Å². The number of nitrogens with one attached hydrogen (secondary N) is 2. The summed E-state index contributed by atoms with van der Waals surface area (Å²) in [7, 11) is -10.5. The van der Waals surface area contributed by atoms with Gasteiger partial charge in [-0.1, -0.05) is 66.2 Å². The van der Waals surface area contributed by atoms with E-state index in [4.69, 9.17) is 16.1 Å². The summed E-state index contributed by atoms with van der Waals surface area (Å²) in [5.41, 5.74) is -1.55. The fraction of sp³-hybridized carbons (Fsp3) is 0.354. The third-order valence-corrected chi connectivity index (χ3v) is 16.8. The van der Waals surface area contributed by atoms with Gasteiger partial charge in [0.25, 0.3) is 15.7 Å². The van der Waals surface area contributed by atoms with Gasteiger partial charge in [0.1, 0.15) is 4.90 Å². The van der Waals surface area contributed by atoms with Gasteiger partial charge in [-0.3, -0.25) is 19.3 Å². The maximum absolute atomic E-state index is 14.5. The fourth-order valence-electron chi connectivity index (χ4n) is 8.12. The van der Waals surface area contributed by atoms with Crippen molar-refractivity contribution in [2.75, 3.05) is 68.4 Å². The molecule has 2 atom stereocenters. The second-order valence-corrected chi connectivity index (χ2v) is 21.9. The largest absolute Gasteiger partial charge is 0.501 e. The van der Waals surface area contributed by atoms with Crippen LogP contribution in [0.5, 0.6) is 0 Å². The topological polar surface area (TPSA) is 132 Å². The summed E-state index contributed by atoms with van der Waals surface area (Å²) in [5, 5.41) is 15.7. The summed E-state index contributed by atoms with van der Waals surface area (Å²) >= 11 is 7.60. The third-order valence-electron chi connectivity index (χ3n) is 11.8. The molecular weight excluding hydrogens is 930 g/mol. The number of aliphatic hydroxyl groups excluding tert-OH is 1. The van der Waals surface area contributed by atoms with Gasteiger partial charge in [0.2, 0.25) is 0 Å². The van der Waals surface area contributed by atoms with Crippen LogP contribution in [-0.2, 0) is 25.5 Å². The molecule has 1 amide bonds. The van der Waals surface area contributed by atoms with Crippen LogP contribution in [0.15, 0.2) is 131 Å². The lowest BCUT2D eigenvalue weighted by atomic mass is 9.99. The normalized spacial score (nSPS) is 17.0. The van der Waals surface area contributed by atoms with E-state index in [1.807, 2.05) is 66.7 Å². The number of halogens is 4. The smallest absolute Gasteiger partial charge is 0.393 e. The number of amides is 1. The van der Waals surface area contributed by atoms with E-state index in [-0.39, 0.29) is 24.0 Å². The molecule has 66 heavy (non-hydrogen) atoms. The van der Waals surface area contributed by atoms with Crippen molar-refractivity contribution >= 4 is 63.3 Å². The Kier molecular flexibility index (Phi) is 16.6. The summed E-state index contributed by atoms with van der Waals surface area (Å²) in [6.07, 6.45) is 1.29. The van der Waals surface area contributed by atoms with Crippen LogP contribution in [0.4, 0.5) is 24.5 Å². The lowest BCUT2D eigenvalue weighted by Gasteiger charge is -2.36. The average Bonchev–Trinajstić information content (AvgIpc) is 3.31. The van der Waals surface area contributed by atoms with E-state index in [0.29, 0.717) is 55.7 Å². The Morgan fingerprint density at radius 2 is 1.55 bits per heavy atom. The first-order valence-corrected chi connectivity index (χ1v) is 26.4. The lowest BCUT2D eigenvalue weighted by Crippen LogP contribution is -2.46. The fourth-order valence-corrected chi connectivity index (χ4v) is 11.9. The van der Waals surface area contributed by atoms with E-state index in [0.717, 1.165) is 60.5 Å². The van der Waals surface area contributed by atoms with Crippen LogP contribution in [0, 0.1) is 0 Å². The monoisotopic (exact) mass is 983 g/mol. The Balaban J connectivity index is 1.05. The molecule has 352 valence electrons. The molecule has 0 aromatic heterocycles. The van der Waals surface area contributed by atoms with Crippen LogP contribution in [0.3, 0.4) is 0 Å². The highest BCUT2D eigenvalue weighted by Crippen LogP contribution is 2.44. The van der Waals surface area contributed by atoms with Gasteiger partial charge in [0.05, 0.1) is 23.7 Å². The molecule has 0 radical (unpaired) electrons. The van der Waals surface area contributed by atoms with Crippen molar-refractivity contribution in [3.8, 4) is 11.1 Å². The zero-order valence-corrected chi connectivity index (χ0v) is 39.8. The van der Waals surface area contributed by atoms with Crippen LogP contribution in [0.1, 0.15) is 42.1 Å². The van der Waals surface area contributed by atoms with Crippen LogP contribution in [0.25, 0.3) is 11.1 Å². The number of anilines is 2. The molecule has 0 saturated carbocycles. The SMILES string of the molecule is CCO[P@](=O)(NC(=O)c1ccc(N2CCN(Cc3ccccc3-c3ccc(Cl)cc3)CC2)cc1)c1ccc(N[C@H](CCN2CCC(O)CC2)CSc2ccccc2)c(S(=O)(=O)C(F)(F)F)c1. The van der Waals surface area contributed by atoms with E-state index in [2.05, 4.69) is 37.2 Å². The molecule has 11 nitrogen and oxygen atoms in total. The maximum Gasteiger partial charge on any atom is 0.501 e. The molecular formula is C48H54ClF3N5O6PS2. The van der Waals surface area contributed by atoms with Crippen LogP contribution < -0.4 is 20.6 Å². The van der Waals surface area contributed by atoms with Crippen LogP contribution in [-0.4, -0.2) is 105 Å². The zero-order valence-electron chi connectivity index (χ0n) is 36.5. The van der Waals surface area contributed by atoms with Crippen molar-refractivity contribution in [1.29, 1.82) is 0 Å². The number of likely N-dealkylation sites (tertiary alicyclic amines) is 1. The van der Waals surface area contributed by atoms with Crippen molar-refractivity contribution in [3.63, 3.8) is 0 Å². The predicted octanol–water partition coefficient (Wildman–Crippen LogP) is 9.33. The number of piperazine rings is 1. The highest BCUT2D eigenvalue weighted by Gasteiger charge is 2.49. The molecule has 0 spiro atoms. The maximum atomic E-state index is 14.5. The first-order valence-electron chi connectivity index (χ1n) is 21.9. The molecule has 2 fully saturated rings. The quantitative estimate of drug-likeness (QED) is 0.0574. The highest BCUT2D eigenvalue weighted by atomic mass is 35.5. The minimum atomic E-state index is -6.00. The summed E-state index contributed by atoms with van der Waals surface area (Å²) in [4.78, 5) is 20.2. The van der Waals surface area contributed by atoms with Gasteiger partial charge in [0.15, 0.2) is 0 Å². The number of sulfone groups is 1. The van der Waals surface area contributed by atoms with E-state index in [9.17, 15) is 36.1 Å². The van der Waals surface area contributed by atoms with E-state index >= 15 is 0 Å².